The fourth-order valence-corrected chi connectivity index (χ4v) is 5.29. The second-order valence-corrected chi connectivity index (χ2v) is 10.5. The van der Waals surface area contributed by atoms with E-state index in [-0.39, 0.29) is 25.2 Å². The van der Waals surface area contributed by atoms with E-state index < -0.39 is 47.9 Å². The van der Waals surface area contributed by atoms with E-state index in [1.807, 2.05) is 54.6 Å². The summed E-state index contributed by atoms with van der Waals surface area (Å²) in [5.74, 6) is -3.66. The minimum Gasteiger partial charge on any atom is -0.480 e. The van der Waals surface area contributed by atoms with Gasteiger partial charge in [-0.1, -0.05) is 48.5 Å². The van der Waals surface area contributed by atoms with Gasteiger partial charge < -0.3 is 37.1 Å². The van der Waals surface area contributed by atoms with Gasteiger partial charge in [0.2, 0.25) is 23.6 Å². The van der Waals surface area contributed by atoms with Crippen molar-refractivity contribution in [2.45, 2.75) is 62.7 Å². The Morgan fingerprint density at radius 3 is 2.40 bits per heavy atom. The minimum absolute atomic E-state index is 0.00815. The number of amides is 4. The summed E-state index contributed by atoms with van der Waals surface area (Å²) in [5, 5.41) is 15.8. The van der Waals surface area contributed by atoms with Crippen LogP contribution in [0.5, 0.6) is 0 Å². The number of primary amides is 1. The third kappa shape index (κ3) is 7.52. The van der Waals surface area contributed by atoms with E-state index >= 15 is 0 Å². The lowest BCUT2D eigenvalue weighted by Gasteiger charge is -2.28. The lowest BCUT2D eigenvalue weighted by atomic mass is 10.0. The van der Waals surface area contributed by atoms with Crippen LogP contribution in [0.4, 0.5) is 0 Å². The number of rotatable bonds is 13. The maximum atomic E-state index is 13.4. The van der Waals surface area contributed by atoms with E-state index in [1.165, 1.54) is 4.90 Å². The molecule has 1 aromatic heterocycles. The Hall–Kier alpha value is -4.71. The topological polar surface area (TPSA) is 201 Å². The Labute approximate surface area is 242 Å². The zero-order valence-electron chi connectivity index (χ0n) is 23.1. The second-order valence-electron chi connectivity index (χ2n) is 10.5. The van der Waals surface area contributed by atoms with Crippen molar-refractivity contribution in [3.05, 3.63) is 71.9 Å². The highest BCUT2D eigenvalue weighted by atomic mass is 16.4. The SMILES string of the molecule is NC(=O)CCC(NC(=O)C1CCCN1C(=O)C(N)Cc1ccccc1)C(=O)NC(Cc1c[nH]c2ccccc12)C(=O)O. The predicted molar refractivity (Wildman–Crippen MR) is 155 cm³/mol. The number of carbonyl (C=O) groups excluding carboxylic acids is 4. The van der Waals surface area contributed by atoms with Gasteiger partial charge in [0.15, 0.2) is 0 Å². The van der Waals surface area contributed by atoms with Crippen molar-refractivity contribution in [3.63, 3.8) is 0 Å². The molecule has 12 nitrogen and oxygen atoms in total. The molecule has 8 N–H and O–H groups in total. The van der Waals surface area contributed by atoms with Gasteiger partial charge in [0.25, 0.3) is 0 Å². The first-order valence-electron chi connectivity index (χ1n) is 13.9. The number of hydrogen-bond donors (Lipinski definition) is 6. The smallest absolute Gasteiger partial charge is 0.326 e. The van der Waals surface area contributed by atoms with Crippen molar-refractivity contribution < 1.29 is 29.1 Å². The first kappa shape index (κ1) is 30.3. The molecule has 0 radical (unpaired) electrons. The van der Waals surface area contributed by atoms with Crippen LogP contribution in [0.15, 0.2) is 60.8 Å². The number of aromatic amines is 1. The van der Waals surface area contributed by atoms with E-state index in [9.17, 15) is 29.1 Å². The number of carboxylic acid groups (broad SMARTS) is 1. The molecule has 0 aliphatic carbocycles. The number of likely N-dealkylation sites (tertiary alicyclic amines) is 1. The summed E-state index contributed by atoms with van der Waals surface area (Å²) < 4.78 is 0. The van der Waals surface area contributed by atoms with Crippen molar-refractivity contribution >= 4 is 40.5 Å². The van der Waals surface area contributed by atoms with Gasteiger partial charge >= 0.3 is 5.97 Å². The summed E-state index contributed by atoms with van der Waals surface area (Å²) in [6, 6.07) is 12.4. The minimum atomic E-state index is -1.30. The summed E-state index contributed by atoms with van der Waals surface area (Å²) in [5.41, 5.74) is 13.9. The van der Waals surface area contributed by atoms with Gasteiger partial charge in [0.1, 0.15) is 18.1 Å². The number of aromatic nitrogens is 1. The molecular formula is C30H36N6O6. The molecule has 222 valence electrons. The largest absolute Gasteiger partial charge is 0.480 e. The zero-order valence-corrected chi connectivity index (χ0v) is 23.1. The summed E-state index contributed by atoms with van der Waals surface area (Å²) >= 11 is 0. The number of para-hydroxylation sites is 1. The van der Waals surface area contributed by atoms with Crippen LogP contribution < -0.4 is 22.1 Å². The number of nitrogens with zero attached hydrogens (tertiary/aromatic N) is 1. The highest BCUT2D eigenvalue weighted by Crippen LogP contribution is 2.21. The third-order valence-electron chi connectivity index (χ3n) is 7.48. The van der Waals surface area contributed by atoms with Crippen LogP contribution >= 0.6 is 0 Å². The number of carbonyl (C=O) groups is 5. The molecule has 4 unspecified atom stereocenters. The third-order valence-corrected chi connectivity index (χ3v) is 7.48. The number of nitrogens with two attached hydrogens (primary N) is 2. The normalized spacial score (nSPS) is 16.9. The van der Waals surface area contributed by atoms with Crippen LogP contribution in [-0.4, -0.2) is 75.3 Å². The van der Waals surface area contributed by atoms with Gasteiger partial charge in [-0.2, -0.15) is 0 Å². The molecule has 2 heterocycles. The number of fused-ring (bicyclic) bond motifs is 1. The summed E-state index contributed by atoms with van der Waals surface area (Å²) in [6.45, 7) is 0.337. The van der Waals surface area contributed by atoms with Crippen LogP contribution in [0.2, 0.25) is 0 Å². The molecular weight excluding hydrogens is 540 g/mol. The van der Waals surface area contributed by atoms with Gasteiger partial charge in [0.05, 0.1) is 6.04 Å². The molecule has 42 heavy (non-hydrogen) atoms. The molecule has 1 fully saturated rings. The Morgan fingerprint density at radius 2 is 1.69 bits per heavy atom. The van der Waals surface area contributed by atoms with Crippen LogP contribution in [0, 0.1) is 0 Å². The van der Waals surface area contributed by atoms with Crippen molar-refractivity contribution in [3.8, 4) is 0 Å². The highest BCUT2D eigenvalue weighted by molar-refractivity contribution is 5.95. The fraction of sp³-hybridized carbons (Fsp3) is 0.367. The summed E-state index contributed by atoms with van der Waals surface area (Å²) in [4.78, 5) is 67.9. The van der Waals surface area contributed by atoms with Crippen LogP contribution in [0.25, 0.3) is 10.9 Å². The number of nitrogens with one attached hydrogen (secondary N) is 3. The quantitative estimate of drug-likeness (QED) is 0.171. The van der Waals surface area contributed by atoms with E-state index in [0.29, 0.717) is 31.4 Å². The first-order valence-corrected chi connectivity index (χ1v) is 13.9. The molecule has 12 heteroatoms. The van der Waals surface area contributed by atoms with Crippen molar-refractivity contribution in [2.75, 3.05) is 6.54 Å². The van der Waals surface area contributed by atoms with Gasteiger partial charge in [-0.15, -0.1) is 0 Å². The van der Waals surface area contributed by atoms with Gasteiger partial charge in [0, 0.05) is 36.5 Å². The van der Waals surface area contributed by atoms with Crippen molar-refractivity contribution in [2.24, 2.45) is 11.5 Å². The van der Waals surface area contributed by atoms with E-state index in [2.05, 4.69) is 15.6 Å². The summed E-state index contributed by atoms with van der Waals surface area (Å²) in [6.07, 6.45) is 2.58. The molecule has 0 bridgehead atoms. The van der Waals surface area contributed by atoms with E-state index in [4.69, 9.17) is 11.5 Å². The Bertz CT molecular complexity index is 1440. The number of benzene rings is 2. The zero-order chi connectivity index (χ0) is 30.2. The number of aliphatic carboxylic acids is 1. The molecule has 4 amide bonds. The summed E-state index contributed by atoms with van der Waals surface area (Å²) in [7, 11) is 0. The monoisotopic (exact) mass is 576 g/mol. The first-order chi connectivity index (χ1) is 20.1. The van der Waals surface area contributed by atoms with Crippen molar-refractivity contribution in [1.29, 1.82) is 0 Å². The molecule has 2 aromatic carbocycles. The highest BCUT2D eigenvalue weighted by Gasteiger charge is 2.38. The van der Waals surface area contributed by atoms with Gasteiger partial charge in [-0.3, -0.25) is 19.2 Å². The lowest BCUT2D eigenvalue weighted by Crippen LogP contribution is -2.57. The Morgan fingerprint density at radius 1 is 0.976 bits per heavy atom. The molecule has 4 atom stereocenters. The Balaban J connectivity index is 1.44. The average Bonchev–Trinajstić information content (AvgIpc) is 3.62. The average molecular weight is 577 g/mol. The second kappa shape index (κ2) is 13.8. The van der Waals surface area contributed by atoms with Crippen LogP contribution in [-0.2, 0) is 36.8 Å². The van der Waals surface area contributed by atoms with Gasteiger partial charge in [-0.25, -0.2) is 4.79 Å². The van der Waals surface area contributed by atoms with E-state index in [0.717, 1.165) is 16.5 Å². The molecule has 0 saturated carbocycles. The van der Waals surface area contributed by atoms with Crippen LogP contribution in [0.1, 0.15) is 36.8 Å². The molecule has 1 saturated heterocycles. The molecule has 3 aromatic rings. The van der Waals surface area contributed by atoms with Crippen LogP contribution in [0.3, 0.4) is 0 Å². The molecule has 1 aliphatic heterocycles. The van der Waals surface area contributed by atoms with Crippen molar-refractivity contribution in [1.82, 2.24) is 20.5 Å². The lowest BCUT2D eigenvalue weighted by molar-refractivity contribution is -0.143. The van der Waals surface area contributed by atoms with Gasteiger partial charge in [-0.05, 0) is 42.9 Å². The fourth-order valence-electron chi connectivity index (χ4n) is 5.29. The molecule has 0 spiro atoms. The molecule has 4 rings (SSSR count). The Kier molecular flexibility index (Phi) is 9.92. The van der Waals surface area contributed by atoms with E-state index in [1.54, 1.807) is 6.20 Å². The number of H-pyrrole nitrogens is 1. The predicted octanol–water partition coefficient (Wildman–Crippen LogP) is 0.591. The number of hydrogen-bond acceptors (Lipinski definition) is 6. The standard InChI is InChI=1S/C30H36N6O6/c31-21(15-18-7-2-1-3-8-18)29(40)36-14-6-11-25(36)28(39)34-23(12-13-26(32)37)27(38)35-24(30(41)42)16-19-17-33-22-10-5-4-9-20(19)22/h1-5,7-10,17,21,23-25,33H,6,11-16,31H2,(H2,32,37)(H,34,39)(H,35,38)(H,41,42). The maximum Gasteiger partial charge on any atom is 0.326 e. The molecule has 1 aliphatic rings. The number of carboxylic acids is 1. The maximum absolute atomic E-state index is 13.4.